The van der Waals surface area contributed by atoms with Crippen LogP contribution in [0.3, 0.4) is 0 Å². The van der Waals surface area contributed by atoms with Gasteiger partial charge in [-0.15, -0.1) is 0 Å². The Morgan fingerprint density at radius 3 is 2.25 bits per heavy atom. The van der Waals surface area contributed by atoms with Crippen LogP contribution in [0.2, 0.25) is 0 Å². The lowest BCUT2D eigenvalue weighted by Crippen LogP contribution is -1.93. The summed E-state index contributed by atoms with van der Waals surface area (Å²) in [6.45, 7) is 8.95. The van der Waals surface area contributed by atoms with Gasteiger partial charge in [0.2, 0.25) is 0 Å². The van der Waals surface area contributed by atoms with Crippen LogP contribution in [0.1, 0.15) is 43.5 Å². The van der Waals surface area contributed by atoms with Gasteiger partial charge in [-0.1, -0.05) is 20.8 Å². The first-order valence-electron chi connectivity index (χ1n) is 4.72. The summed E-state index contributed by atoms with van der Waals surface area (Å²) in [5, 5.41) is 0. The molecule has 1 heteroatoms. The minimum Gasteiger partial charge on any atom is -0.354 e. The van der Waals surface area contributed by atoms with Crippen LogP contribution in [-0.4, -0.2) is 4.57 Å². The standard InChI is InChI=1S/C11H19N/c1-6-11-9(4)10(8(2)3)7-12(11)5/h7-8H,6H2,1-5H3. The highest BCUT2D eigenvalue weighted by atomic mass is 14.9. The Morgan fingerprint density at radius 2 is 2.00 bits per heavy atom. The molecule has 0 aromatic carbocycles. The van der Waals surface area contributed by atoms with Gasteiger partial charge in [-0.25, -0.2) is 0 Å². The van der Waals surface area contributed by atoms with Crippen molar-refractivity contribution in [3.63, 3.8) is 0 Å². The minimum atomic E-state index is 0.650. The first kappa shape index (κ1) is 9.37. The largest absolute Gasteiger partial charge is 0.354 e. The zero-order valence-corrected chi connectivity index (χ0v) is 8.81. The summed E-state index contributed by atoms with van der Waals surface area (Å²) in [5.41, 5.74) is 4.45. The Morgan fingerprint density at radius 1 is 1.42 bits per heavy atom. The van der Waals surface area contributed by atoms with E-state index in [4.69, 9.17) is 0 Å². The Kier molecular flexibility index (Phi) is 2.61. The molecule has 1 rings (SSSR count). The molecule has 68 valence electrons. The fourth-order valence-electron chi connectivity index (χ4n) is 1.91. The van der Waals surface area contributed by atoms with Crippen LogP contribution in [0.4, 0.5) is 0 Å². The van der Waals surface area contributed by atoms with E-state index in [1.807, 2.05) is 0 Å². The van der Waals surface area contributed by atoms with Crippen molar-refractivity contribution in [2.24, 2.45) is 7.05 Å². The Bertz CT molecular complexity index is 269. The molecule has 0 spiro atoms. The molecular formula is C11H19N. The van der Waals surface area contributed by atoms with E-state index in [1.54, 1.807) is 0 Å². The van der Waals surface area contributed by atoms with Gasteiger partial charge in [-0.05, 0) is 30.4 Å². The molecule has 0 aliphatic rings. The SMILES string of the molecule is CCc1c(C)c(C(C)C)cn1C. The zero-order chi connectivity index (χ0) is 9.30. The van der Waals surface area contributed by atoms with Crippen molar-refractivity contribution in [3.8, 4) is 0 Å². The molecule has 0 amide bonds. The predicted molar refractivity (Wildman–Crippen MR) is 53.6 cm³/mol. The fourth-order valence-corrected chi connectivity index (χ4v) is 1.91. The molecule has 0 N–H and O–H groups in total. The van der Waals surface area contributed by atoms with Crippen LogP contribution in [0.15, 0.2) is 6.20 Å². The number of hydrogen-bond acceptors (Lipinski definition) is 0. The summed E-state index contributed by atoms with van der Waals surface area (Å²) in [7, 11) is 2.14. The van der Waals surface area contributed by atoms with Crippen LogP contribution in [0, 0.1) is 6.92 Å². The molecule has 0 unspecified atom stereocenters. The maximum atomic E-state index is 2.26. The average Bonchev–Trinajstić information content (AvgIpc) is 2.27. The van der Waals surface area contributed by atoms with E-state index >= 15 is 0 Å². The van der Waals surface area contributed by atoms with Gasteiger partial charge in [0.05, 0.1) is 0 Å². The number of aromatic nitrogens is 1. The van der Waals surface area contributed by atoms with E-state index in [0.717, 1.165) is 6.42 Å². The second kappa shape index (κ2) is 3.34. The average molecular weight is 165 g/mol. The molecule has 0 aliphatic carbocycles. The molecule has 0 saturated carbocycles. The summed E-state index contributed by atoms with van der Waals surface area (Å²) < 4.78 is 2.25. The number of nitrogens with zero attached hydrogens (tertiary/aromatic N) is 1. The van der Waals surface area contributed by atoms with Gasteiger partial charge in [-0.3, -0.25) is 0 Å². The summed E-state index contributed by atoms with van der Waals surface area (Å²) >= 11 is 0. The Labute approximate surface area is 75.4 Å². The fraction of sp³-hybridized carbons (Fsp3) is 0.636. The summed E-state index contributed by atoms with van der Waals surface area (Å²) in [6, 6.07) is 0. The maximum absolute atomic E-state index is 2.26. The third kappa shape index (κ3) is 1.40. The molecular weight excluding hydrogens is 146 g/mol. The lowest BCUT2D eigenvalue weighted by atomic mass is 10.0. The van der Waals surface area contributed by atoms with Crippen molar-refractivity contribution < 1.29 is 0 Å². The second-order valence-corrected chi connectivity index (χ2v) is 3.78. The lowest BCUT2D eigenvalue weighted by molar-refractivity contribution is 0.822. The van der Waals surface area contributed by atoms with Crippen molar-refractivity contribution in [1.82, 2.24) is 4.57 Å². The van der Waals surface area contributed by atoms with Gasteiger partial charge < -0.3 is 4.57 Å². The topological polar surface area (TPSA) is 4.93 Å². The highest BCUT2D eigenvalue weighted by Crippen LogP contribution is 2.23. The molecule has 0 atom stereocenters. The smallest absolute Gasteiger partial charge is 0.0201 e. The first-order valence-corrected chi connectivity index (χ1v) is 4.72. The Balaban J connectivity index is 3.17. The highest BCUT2D eigenvalue weighted by Gasteiger charge is 2.10. The zero-order valence-electron chi connectivity index (χ0n) is 8.81. The van der Waals surface area contributed by atoms with Crippen LogP contribution >= 0.6 is 0 Å². The number of rotatable bonds is 2. The molecule has 0 fully saturated rings. The second-order valence-electron chi connectivity index (χ2n) is 3.78. The maximum Gasteiger partial charge on any atom is 0.0201 e. The number of hydrogen-bond donors (Lipinski definition) is 0. The first-order chi connectivity index (χ1) is 5.57. The van der Waals surface area contributed by atoms with Gasteiger partial charge in [0, 0.05) is 18.9 Å². The quantitative estimate of drug-likeness (QED) is 0.635. The molecule has 12 heavy (non-hydrogen) atoms. The van der Waals surface area contributed by atoms with Crippen molar-refractivity contribution in [1.29, 1.82) is 0 Å². The van der Waals surface area contributed by atoms with Gasteiger partial charge in [0.1, 0.15) is 0 Å². The molecule has 0 saturated heterocycles. The molecule has 0 radical (unpaired) electrons. The van der Waals surface area contributed by atoms with E-state index in [9.17, 15) is 0 Å². The van der Waals surface area contributed by atoms with Crippen LogP contribution in [0.5, 0.6) is 0 Å². The van der Waals surface area contributed by atoms with Gasteiger partial charge in [0.15, 0.2) is 0 Å². The molecule has 0 bridgehead atoms. The van der Waals surface area contributed by atoms with Crippen LogP contribution < -0.4 is 0 Å². The summed E-state index contributed by atoms with van der Waals surface area (Å²) in [6.07, 6.45) is 3.40. The molecule has 1 heterocycles. The summed E-state index contributed by atoms with van der Waals surface area (Å²) in [5.74, 6) is 0.650. The normalized spacial score (nSPS) is 11.2. The third-order valence-electron chi connectivity index (χ3n) is 2.58. The molecule has 1 aromatic rings. The van der Waals surface area contributed by atoms with Crippen molar-refractivity contribution in [3.05, 3.63) is 23.0 Å². The molecule has 1 nitrogen and oxygen atoms in total. The summed E-state index contributed by atoms with van der Waals surface area (Å²) in [4.78, 5) is 0. The third-order valence-corrected chi connectivity index (χ3v) is 2.58. The van der Waals surface area contributed by atoms with Gasteiger partial charge >= 0.3 is 0 Å². The van der Waals surface area contributed by atoms with E-state index in [-0.39, 0.29) is 0 Å². The lowest BCUT2D eigenvalue weighted by Gasteiger charge is -2.03. The van der Waals surface area contributed by atoms with Crippen molar-refractivity contribution >= 4 is 0 Å². The molecule has 0 aliphatic heterocycles. The van der Waals surface area contributed by atoms with Gasteiger partial charge in [-0.2, -0.15) is 0 Å². The van der Waals surface area contributed by atoms with E-state index in [0.29, 0.717) is 5.92 Å². The van der Waals surface area contributed by atoms with E-state index in [2.05, 4.69) is 45.5 Å². The van der Waals surface area contributed by atoms with Crippen LogP contribution in [0.25, 0.3) is 0 Å². The van der Waals surface area contributed by atoms with Gasteiger partial charge in [0.25, 0.3) is 0 Å². The number of aryl methyl sites for hydroxylation is 1. The predicted octanol–water partition coefficient (Wildman–Crippen LogP) is 3.02. The monoisotopic (exact) mass is 165 g/mol. The minimum absolute atomic E-state index is 0.650. The molecule has 1 aromatic heterocycles. The van der Waals surface area contributed by atoms with Crippen molar-refractivity contribution in [2.75, 3.05) is 0 Å². The highest BCUT2D eigenvalue weighted by molar-refractivity contribution is 5.33. The van der Waals surface area contributed by atoms with Crippen LogP contribution in [-0.2, 0) is 13.5 Å². The van der Waals surface area contributed by atoms with E-state index < -0.39 is 0 Å². The Hall–Kier alpha value is -0.720. The van der Waals surface area contributed by atoms with Crippen molar-refractivity contribution in [2.45, 2.75) is 40.0 Å². The van der Waals surface area contributed by atoms with E-state index in [1.165, 1.54) is 16.8 Å².